The number of ether oxygens (including phenoxy) is 1. The van der Waals surface area contributed by atoms with Gasteiger partial charge in [0.2, 0.25) is 0 Å². The zero-order chi connectivity index (χ0) is 17.4. The second kappa shape index (κ2) is 9.27. The van der Waals surface area contributed by atoms with Crippen molar-refractivity contribution in [3.8, 4) is 5.75 Å². The van der Waals surface area contributed by atoms with Crippen LogP contribution in [0.1, 0.15) is 28.1 Å². The number of nitrogens with zero attached hydrogens (tertiary/aromatic N) is 2. The number of aliphatic imine (C=N–C) groups is 1. The van der Waals surface area contributed by atoms with Gasteiger partial charge in [-0.25, -0.2) is 4.98 Å². The van der Waals surface area contributed by atoms with Crippen LogP contribution in [0.2, 0.25) is 0 Å². The molecule has 0 atom stereocenters. The summed E-state index contributed by atoms with van der Waals surface area (Å²) in [7, 11) is 1.78. The highest BCUT2D eigenvalue weighted by molar-refractivity contribution is 7.11. The van der Waals surface area contributed by atoms with Crippen LogP contribution in [-0.2, 0) is 13.0 Å². The molecule has 0 spiro atoms. The van der Waals surface area contributed by atoms with Crippen molar-refractivity contribution in [1.82, 2.24) is 15.6 Å². The average Bonchev–Trinajstić information content (AvgIpc) is 2.89. The van der Waals surface area contributed by atoms with Gasteiger partial charge in [-0.05, 0) is 38.5 Å². The standard InChI is InChI=1S/C18H26N4OS/c1-5-23-16-8-6-7-15(11-16)12-21-18(19-4)20-10-9-17-22-13(2)14(3)24-17/h6-8,11H,5,9-10,12H2,1-4H3,(H2,19,20,21). The van der Waals surface area contributed by atoms with Crippen molar-refractivity contribution in [2.75, 3.05) is 20.2 Å². The van der Waals surface area contributed by atoms with Gasteiger partial charge >= 0.3 is 0 Å². The lowest BCUT2D eigenvalue weighted by molar-refractivity contribution is 0.340. The molecule has 130 valence electrons. The van der Waals surface area contributed by atoms with Gasteiger partial charge in [-0.15, -0.1) is 11.3 Å². The predicted octanol–water partition coefficient (Wildman–Crippen LogP) is 3.07. The summed E-state index contributed by atoms with van der Waals surface area (Å²) in [6.07, 6.45) is 0.903. The normalized spacial score (nSPS) is 11.4. The number of aryl methyl sites for hydroxylation is 2. The van der Waals surface area contributed by atoms with Crippen molar-refractivity contribution in [1.29, 1.82) is 0 Å². The van der Waals surface area contributed by atoms with Gasteiger partial charge in [0.05, 0.1) is 17.3 Å². The van der Waals surface area contributed by atoms with E-state index in [4.69, 9.17) is 4.74 Å². The van der Waals surface area contributed by atoms with Crippen LogP contribution in [0, 0.1) is 13.8 Å². The van der Waals surface area contributed by atoms with E-state index in [-0.39, 0.29) is 0 Å². The van der Waals surface area contributed by atoms with Crippen LogP contribution in [0.4, 0.5) is 0 Å². The van der Waals surface area contributed by atoms with Crippen molar-refractivity contribution in [3.63, 3.8) is 0 Å². The van der Waals surface area contributed by atoms with Gasteiger partial charge in [-0.2, -0.15) is 0 Å². The third-order valence-corrected chi connectivity index (χ3v) is 4.73. The van der Waals surface area contributed by atoms with Crippen LogP contribution in [-0.4, -0.2) is 31.1 Å². The van der Waals surface area contributed by atoms with E-state index >= 15 is 0 Å². The van der Waals surface area contributed by atoms with E-state index < -0.39 is 0 Å². The molecule has 0 aliphatic heterocycles. The molecule has 0 aliphatic carbocycles. The predicted molar refractivity (Wildman–Crippen MR) is 101 cm³/mol. The lowest BCUT2D eigenvalue weighted by Gasteiger charge is -2.12. The number of benzene rings is 1. The zero-order valence-corrected chi connectivity index (χ0v) is 15.7. The average molecular weight is 347 g/mol. The van der Waals surface area contributed by atoms with Crippen molar-refractivity contribution >= 4 is 17.3 Å². The summed E-state index contributed by atoms with van der Waals surface area (Å²) in [6.45, 7) is 8.35. The Bertz CT molecular complexity index is 662. The van der Waals surface area contributed by atoms with Gasteiger partial charge < -0.3 is 15.4 Å². The Hall–Kier alpha value is -2.08. The SMILES string of the molecule is CCOc1cccc(CNC(=NC)NCCc2nc(C)c(C)s2)c1. The molecule has 2 N–H and O–H groups in total. The molecule has 1 heterocycles. The molecule has 0 amide bonds. The van der Waals surface area contributed by atoms with Gasteiger partial charge in [0.1, 0.15) is 5.75 Å². The quantitative estimate of drug-likeness (QED) is 0.597. The van der Waals surface area contributed by atoms with Gasteiger partial charge in [0.15, 0.2) is 5.96 Å². The minimum absolute atomic E-state index is 0.676. The maximum atomic E-state index is 5.53. The maximum absolute atomic E-state index is 5.53. The summed E-state index contributed by atoms with van der Waals surface area (Å²) >= 11 is 1.76. The van der Waals surface area contributed by atoms with E-state index in [0.717, 1.165) is 40.9 Å². The van der Waals surface area contributed by atoms with Crippen molar-refractivity contribution < 1.29 is 4.74 Å². The Morgan fingerprint density at radius 2 is 2.12 bits per heavy atom. The molecule has 0 aliphatic rings. The highest BCUT2D eigenvalue weighted by atomic mass is 32.1. The highest BCUT2D eigenvalue weighted by Crippen LogP contribution is 2.16. The van der Waals surface area contributed by atoms with E-state index in [1.165, 1.54) is 4.88 Å². The monoisotopic (exact) mass is 346 g/mol. The topological polar surface area (TPSA) is 58.5 Å². The van der Waals surface area contributed by atoms with Crippen LogP contribution >= 0.6 is 11.3 Å². The number of hydrogen-bond acceptors (Lipinski definition) is 4. The van der Waals surface area contributed by atoms with E-state index in [0.29, 0.717) is 13.2 Å². The molecule has 0 radical (unpaired) electrons. The summed E-state index contributed by atoms with van der Waals surface area (Å²) in [5.41, 5.74) is 2.29. The summed E-state index contributed by atoms with van der Waals surface area (Å²) < 4.78 is 5.53. The fraction of sp³-hybridized carbons (Fsp3) is 0.444. The minimum Gasteiger partial charge on any atom is -0.494 e. The fourth-order valence-electron chi connectivity index (χ4n) is 2.25. The van der Waals surface area contributed by atoms with Crippen molar-refractivity contribution in [2.45, 2.75) is 33.7 Å². The molecule has 6 heteroatoms. The number of guanidine groups is 1. The summed E-state index contributed by atoms with van der Waals surface area (Å²) in [4.78, 5) is 10.1. The Balaban J connectivity index is 1.79. The first-order valence-electron chi connectivity index (χ1n) is 8.21. The molecule has 1 aromatic carbocycles. The number of aromatic nitrogens is 1. The minimum atomic E-state index is 0.676. The van der Waals surface area contributed by atoms with Crippen LogP contribution in [0.15, 0.2) is 29.3 Å². The van der Waals surface area contributed by atoms with Crippen molar-refractivity contribution in [3.05, 3.63) is 45.4 Å². The van der Waals surface area contributed by atoms with E-state index in [1.807, 2.05) is 25.1 Å². The molecule has 0 unspecified atom stereocenters. The molecule has 2 aromatic rings. The van der Waals surface area contributed by atoms with Crippen LogP contribution in [0.25, 0.3) is 0 Å². The largest absolute Gasteiger partial charge is 0.494 e. The van der Waals surface area contributed by atoms with E-state index in [9.17, 15) is 0 Å². The first-order valence-corrected chi connectivity index (χ1v) is 9.03. The smallest absolute Gasteiger partial charge is 0.191 e. The number of hydrogen-bond donors (Lipinski definition) is 2. The first-order chi connectivity index (χ1) is 11.6. The zero-order valence-electron chi connectivity index (χ0n) is 14.8. The molecule has 0 saturated carbocycles. The highest BCUT2D eigenvalue weighted by Gasteiger charge is 2.04. The van der Waals surface area contributed by atoms with Gasteiger partial charge in [0, 0.05) is 31.4 Å². The Morgan fingerprint density at radius 1 is 1.29 bits per heavy atom. The van der Waals surface area contributed by atoms with Gasteiger partial charge in [-0.1, -0.05) is 12.1 Å². The summed E-state index contributed by atoms with van der Waals surface area (Å²) in [5.74, 6) is 1.69. The second-order valence-corrected chi connectivity index (χ2v) is 6.72. The van der Waals surface area contributed by atoms with Gasteiger partial charge in [-0.3, -0.25) is 4.99 Å². The molecular weight excluding hydrogens is 320 g/mol. The molecule has 5 nitrogen and oxygen atoms in total. The molecular formula is C18H26N4OS. The number of thiazole rings is 1. The second-order valence-electron chi connectivity index (χ2n) is 5.43. The van der Waals surface area contributed by atoms with Crippen molar-refractivity contribution in [2.24, 2.45) is 4.99 Å². The Kier molecular flexibility index (Phi) is 7.06. The summed E-state index contributed by atoms with van der Waals surface area (Å²) in [5, 5.41) is 7.82. The van der Waals surface area contributed by atoms with Crippen LogP contribution in [0.3, 0.4) is 0 Å². The van der Waals surface area contributed by atoms with E-state index in [2.05, 4.69) is 40.5 Å². The molecule has 24 heavy (non-hydrogen) atoms. The third-order valence-electron chi connectivity index (χ3n) is 3.60. The van der Waals surface area contributed by atoms with Crippen LogP contribution < -0.4 is 15.4 Å². The third kappa shape index (κ3) is 5.53. The Morgan fingerprint density at radius 3 is 2.79 bits per heavy atom. The molecule has 1 aromatic heterocycles. The van der Waals surface area contributed by atoms with Gasteiger partial charge in [0.25, 0.3) is 0 Å². The fourth-order valence-corrected chi connectivity index (χ4v) is 3.19. The lowest BCUT2D eigenvalue weighted by atomic mass is 10.2. The Labute approximate surface area is 148 Å². The summed E-state index contributed by atoms with van der Waals surface area (Å²) in [6, 6.07) is 8.10. The number of nitrogens with one attached hydrogen (secondary N) is 2. The molecule has 0 saturated heterocycles. The first kappa shape index (κ1) is 18.3. The van der Waals surface area contributed by atoms with E-state index in [1.54, 1.807) is 18.4 Å². The van der Waals surface area contributed by atoms with Crippen LogP contribution in [0.5, 0.6) is 5.75 Å². The molecule has 2 rings (SSSR count). The molecule has 0 fully saturated rings. The number of rotatable bonds is 7. The lowest BCUT2D eigenvalue weighted by Crippen LogP contribution is -2.37. The maximum Gasteiger partial charge on any atom is 0.191 e. The molecule has 0 bridgehead atoms.